The molecule has 0 aliphatic rings. The number of pyridine rings is 1. The predicted octanol–water partition coefficient (Wildman–Crippen LogP) is 3.58. The van der Waals surface area contributed by atoms with Crippen LogP contribution in [-0.2, 0) is 0 Å². The van der Waals surface area contributed by atoms with Crippen LogP contribution in [0, 0.1) is 0 Å². The summed E-state index contributed by atoms with van der Waals surface area (Å²) in [4.78, 5) is 7.00. The Morgan fingerprint density at radius 1 is 1.25 bits per heavy atom. The molecule has 1 aromatic heterocycles. The number of aromatic nitrogens is 1. The Labute approximate surface area is 128 Å². The van der Waals surface area contributed by atoms with Gasteiger partial charge in [-0.1, -0.05) is 26.8 Å². The molecule has 1 unspecified atom stereocenters. The first-order valence-corrected chi connectivity index (χ1v) is 8.74. The highest BCUT2D eigenvalue weighted by Gasteiger charge is 2.05. The average Bonchev–Trinajstić information content (AvgIpc) is 2.50. The van der Waals surface area contributed by atoms with Gasteiger partial charge in [-0.2, -0.15) is 0 Å². The van der Waals surface area contributed by atoms with E-state index in [0.717, 1.165) is 43.4 Å². The van der Waals surface area contributed by atoms with Gasteiger partial charge in [-0.3, -0.25) is 0 Å². The molecule has 20 heavy (non-hydrogen) atoms. The SMILES string of the molecule is CCCNC(C)c1ccc(SCCN(CC)CC)nc1. The second-order valence-corrected chi connectivity index (χ2v) is 6.10. The van der Waals surface area contributed by atoms with Crippen LogP contribution < -0.4 is 5.32 Å². The third-order valence-electron chi connectivity index (χ3n) is 3.51. The van der Waals surface area contributed by atoms with Crippen molar-refractivity contribution >= 4 is 11.8 Å². The smallest absolute Gasteiger partial charge is 0.0960 e. The molecule has 1 atom stereocenters. The van der Waals surface area contributed by atoms with E-state index in [1.165, 1.54) is 5.56 Å². The van der Waals surface area contributed by atoms with Gasteiger partial charge in [0, 0.05) is 24.5 Å². The van der Waals surface area contributed by atoms with E-state index in [4.69, 9.17) is 0 Å². The van der Waals surface area contributed by atoms with Gasteiger partial charge in [0.15, 0.2) is 0 Å². The van der Waals surface area contributed by atoms with Crippen LogP contribution >= 0.6 is 11.8 Å². The molecule has 0 bridgehead atoms. The summed E-state index contributed by atoms with van der Waals surface area (Å²) < 4.78 is 0. The van der Waals surface area contributed by atoms with E-state index >= 15 is 0 Å². The largest absolute Gasteiger partial charge is 0.310 e. The van der Waals surface area contributed by atoms with Gasteiger partial charge in [-0.05, 0) is 44.6 Å². The Bertz CT molecular complexity index is 349. The number of rotatable bonds is 10. The number of nitrogens with one attached hydrogen (secondary N) is 1. The highest BCUT2D eigenvalue weighted by Crippen LogP contribution is 2.18. The maximum atomic E-state index is 4.56. The number of thioether (sulfide) groups is 1. The molecular weight excluding hydrogens is 266 g/mol. The highest BCUT2D eigenvalue weighted by molar-refractivity contribution is 7.99. The summed E-state index contributed by atoms with van der Waals surface area (Å²) in [6, 6.07) is 4.73. The second kappa shape index (κ2) is 10.2. The second-order valence-electron chi connectivity index (χ2n) is 4.98. The quantitative estimate of drug-likeness (QED) is 0.668. The zero-order chi connectivity index (χ0) is 14.8. The van der Waals surface area contributed by atoms with Crippen molar-refractivity contribution in [2.24, 2.45) is 0 Å². The normalized spacial score (nSPS) is 12.8. The molecular formula is C16H29N3S. The van der Waals surface area contributed by atoms with E-state index in [9.17, 15) is 0 Å². The lowest BCUT2D eigenvalue weighted by atomic mass is 10.1. The molecule has 0 radical (unpaired) electrons. The van der Waals surface area contributed by atoms with Crippen LogP contribution in [0.15, 0.2) is 23.4 Å². The topological polar surface area (TPSA) is 28.2 Å². The lowest BCUT2D eigenvalue weighted by molar-refractivity contribution is 0.324. The number of hydrogen-bond acceptors (Lipinski definition) is 4. The van der Waals surface area contributed by atoms with E-state index in [2.05, 4.69) is 55.0 Å². The zero-order valence-corrected chi connectivity index (χ0v) is 14.2. The highest BCUT2D eigenvalue weighted by atomic mass is 32.2. The first kappa shape index (κ1) is 17.5. The molecule has 0 aliphatic heterocycles. The summed E-state index contributed by atoms with van der Waals surface area (Å²) in [5, 5.41) is 4.62. The molecule has 0 aromatic carbocycles. The summed E-state index contributed by atoms with van der Waals surface area (Å²) in [5.74, 6) is 1.11. The molecule has 3 nitrogen and oxygen atoms in total. The maximum absolute atomic E-state index is 4.56. The van der Waals surface area contributed by atoms with E-state index in [1.807, 2.05) is 18.0 Å². The lowest BCUT2D eigenvalue weighted by Crippen LogP contribution is -2.25. The molecule has 1 rings (SSSR count). The Balaban J connectivity index is 2.38. The minimum absolute atomic E-state index is 0.386. The van der Waals surface area contributed by atoms with Crippen molar-refractivity contribution in [1.29, 1.82) is 0 Å². The monoisotopic (exact) mass is 295 g/mol. The van der Waals surface area contributed by atoms with Crippen molar-refractivity contribution < 1.29 is 0 Å². The summed E-state index contributed by atoms with van der Waals surface area (Å²) in [5.41, 5.74) is 1.27. The van der Waals surface area contributed by atoms with Crippen LogP contribution in [0.25, 0.3) is 0 Å². The molecule has 0 saturated carbocycles. The van der Waals surface area contributed by atoms with E-state index < -0.39 is 0 Å². The van der Waals surface area contributed by atoms with Gasteiger partial charge < -0.3 is 10.2 Å². The van der Waals surface area contributed by atoms with Gasteiger partial charge in [0.2, 0.25) is 0 Å². The Morgan fingerprint density at radius 2 is 2.00 bits per heavy atom. The fourth-order valence-corrected chi connectivity index (χ4v) is 2.88. The molecule has 0 saturated heterocycles. The Morgan fingerprint density at radius 3 is 2.55 bits per heavy atom. The molecule has 0 fully saturated rings. The summed E-state index contributed by atoms with van der Waals surface area (Å²) in [6.07, 6.45) is 3.17. The lowest BCUT2D eigenvalue weighted by Gasteiger charge is -2.17. The van der Waals surface area contributed by atoms with Crippen LogP contribution in [-0.4, -0.2) is 41.8 Å². The first-order chi connectivity index (χ1) is 9.71. The van der Waals surface area contributed by atoms with E-state index in [1.54, 1.807) is 0 Å². The molecule has 1 heterocycles. The van der Waals surface area contributed by atoms with Gasteiger partial charge in [0.1, 0.15) is 0 Å². The van der Waals surface area contributed by atoms with Crippen molar-refractivity contribution in [2.45, 2.75) is 45.2 Å². The molecule has 4 heteroatoms. The van der Waals surface area contributed by atoms with Gasteiger partial charge >= 0.3 is 0 Å². The fraction of sp³-hybridized carbons (Fsp3) is 0.688. The minimum Gasteiger partial charge on any atom is -0.310 e. The summed E-state index contributed by atoms with van der Waals surface area (Å²) in [6.45, 7) is 13.3. The third kappa shape index (κ3) is 6.25. The number of nitrogens with zero attached hydrogens (tertiary/aromatic N) is 2. The van der Waals surface area contributed by atoms with Crippen LogP contribution in [0.2, 0.25) is 0 Å². The average molecular weight is 295 g/mol. The Hall–Kier alpha value is -0.580. The summed E-state index contributed by atoms with van der Waals surface area (Å²) >= 11 is 1.84. The predicted molar refractivity (Wildman–Crippen MR) is 89.5 cm³/mol. The van der Waals surface area contributed by atoms with Crippen LogP contribution in [0.5, 0.6) is 0 Å². The first-order valence-electron chi connectivity index (χ1n) is 7.75. The van der Waals surface area contributed by atoms with Crippen molar-refractivity contribution in [3.05, 3.63) is 23.9 Å². The van der Waals surface area contributed by atoms with Gasteiger partial charge in [0.25, 0.3) is 0 Å². The molecule has 0 aliphatic carbocycles. The van der Waals surface area contributed by atoms with Crippen molar-refractivity contribution in [3.8, 4) is 0 Å². The molecule has 0 amide bonds. The standard InChI is InChI=1S/C16H29N3S/c1-5-10-17-14(4)15-8-9-16(18-13-15)20-12-11-19(6-2)7-3/h8-9,13-14,17H,5-7,10-12H2,1-4H3. The fourth-order valence-electron chi connectivity index (χ4n) is 2.03. The Kier molecular flexibility index (Phi) is 8.90. The summed E-state index contributed by atoms with van der Waals surface area (Å²) in [7, 11) is 0. The van der Waals surface area contributed by atoms with Crippen molar-refractivity contribution in [3.63, 3.8) is 0 Å². The van der Waals surface area contributed by atoms with Crippen LogP contribution in [0.1, 0.15) is 45.7 Å². The minimum atomic E-state index is 0.386. The molecule has 0 spiro atoms. The van der Waals surface area contributed by atoms with Crippen molar-refractivity contribution in [1.82, 2.24) is 15.2 Å². The van der Waals surface area contributed by atoms with E-state index in [-0.39, 0.29) is 0 Å². The van der Waals surface area contributed by atoms with Gasteiger partial charge in [-0.25, -0.2) is 4.98 Å². The number of hydrogen-bond donors (Lipinski definition) is 1. The van der Waals surface area contributed by atoms with Crippen LogP contribution in [0.3, 0.4) is 0 Å². The van der Waals surface area contributed by atoms with Gasteiger partial charge in [-0.15, -0.1) is 11.8 Å². The molecule has 1 N–H and O–H groups in total. The van der Waals surface area contributed by atoms with Crippen molar-refractivity contribution in [2.75, 3.05) is 31.9 Å². The molecule has 114 valence electrons. The zero-order valence-electron chi connectivity index (χ0n) is 13.4. The maximum Gasteiger partial charge on any atom is 0.0960 e. The van der Waals surface area contributed by atoms with Crippen LogP contribution in [0.4, 0.5) is 0 Å². The van der Waals surface area contributed by atoms with E-state index in [0.29, 0.717) is 6.04 Å². The molecule has 1 aromatic rings. The third-order valence-corrected chi connectivity index (χ3v) is 4.44. The van der Waals surface area contributed by atoms with Gasteiger partial charge in [0.05, 0.1) is 5.03 Å².